The molecule has 0 aliphatic rings. The number of nitrogens with two attached hydrogens (primary N) is 3. The van der Waals surface area contributed by atoms with Crippen LogP contribution in [0, 0.1) is 0 Å². The molecule has 4 unspecified atom stereocenters. The van der Waals surface area contributed by atoms with Crippen LogP contribution in [0.15, 0.2) is 30.3 Å². The number of carboxylic acid groups (broad SMARTS) is 1. The highest BCUT2D eigenvalue weighted by molar-refractivity contribution is 5.94. The Hall–Kier alpha value is -3.51. The Kier molecular flexibility index (Phi) is 12.2. The predicted octanol–water partition coefficient (Wildman–Crippen LogP) is -1.88. The van der Waals surface area contributed by atoms with Crippen molar-refractivity contribution in [1.29, 1.82) is 0 Å². The molecule has 1 aromatic carbocycles. The number of carboxylic acids is 1. The summed E-state index contributed by atoms with van der Waals surface area (Å²) in [6.07, 6.45) is 1.32. The average molecular weight is 479 g/mol. The van der Waals surface area contributed by atoms with E-state index in [1.54, 1.807) is 24.3 Å². The topological polar surface area (TPSA) is 220 Å². The number of hydrogen-bond donors (Lipinski definition) is 7. The van der Waals surface area contributed by atoms with Gasteiger partial charge in [-0.15, -0.1) is 0 Å². The molecule has 4 amide bonds. The van der Waals surface area contributed by atoms with Gasteiger partial charge >= 0.3 is 5.97 Å². The Morgan fingerprint density at radius 2 is 1.53 bits per heavy atom. The van der Waals surface area contributed by atoms with Crippen LogP contribution in [-0.4, -0.2) is 65.4 Å². The van der Waals surface area contributed by atoms with Gasteiger partial charge in [0.2, 0.25) is 23.6 Å². The molecule has 0 spiro atoms. The monoisotopic (exact) mass is 478 g/mol. The molecule has 1 rings (SSSR count). The lowest BCUT2D eigenvalue weighted by Crippen LogP contribution is -2.57. The zero-order valence-electron chi connectivity index (χ0n) is 19.2. The summed E-state index contributed by atoms with van der Waals surface area (Å²) in [6, 6.07) is 4.39. The van der Waals surface area contributed by atoms with Gasteiger partial charge in [-0.1, -0.05) is 36.8 Å². The lowest BCUT2D eigenvalue weighted by molar-refractivity contribution is -0.143. The third-order valence-electron chi connectivity index (χ3n) is 4.99. The maximum absolute atomic E-state index is 12.9. The van der Waals surface area contributed by atoms with Crippen LogP contribution in [-0.2, 0) is 30.4 Å². The molecule has 0 aromatic heterocycles. The minimum Gasteiger partial charge on any atom is -0.480 e. The van der Waals surface area contributed by atoms with E-state index in [9.17, 15) is 24.0 Å². The first-order valence-electron chi connectivity index (χ1n) is 11.0. The number of unbranched alkanes of at least 4 members (excludes halogenated alkanes) is 1. The maximum Gasteiger partial charge on any atom is 0.326 e. The highest BCUT2D eigenvalue weighted by Crippen LogP contribution is 2.06. The molecule has 0 saturated heterocycles. The van der Waals surface area contributed by atoms with E-state index in [2.05, 4.69) is 16.0 Å². The number of amides is 4. The highest BCUT2D eigenvalue weighted by atomic mass is 16.4. The van der Waals surface area contributed by atoms with Crippen molar-refractivity contribution >= 4 is 29.6 Å². The normalized spacial score (nSPS) is 14.2. The summed E-state index contributed by atoms with van der Waals surface area (Å²) in [5.74, 6) is -4.35. The summed E-state index contributed by atoms with van der Waals surface area (Å²) in [4.78, 5) is 60.1. The van der Waals surface area contributed by atoms with Gasteiger partial charge in [-0.05, 0) is 31.9 Å². The standard InChI is InChI=1S/C22H34N6O6/c1-13(19(30)28-17(22(33)34)12-18(25)29)26-21(32)16(11-14-7-3-2-4-8-14)27-20(31)15(24)9-5-6-10-23/h2-4,7-8,13,15-17H,5-6,9-12,23-24H2,1H3,(H2,25,29)(H,26,32)(H,27,31)(H,28,30)(H,33,34). The van der Waals surface area contributed by atoms with Gasteiger partial charge in [0.25, 0.3) is 0 Å². The quantitative estimate of drug-likeness (QED) is 0.141. The van der Waals surface area contributed by atoms with Crippen molar-refractivity contribution in [1.82, 2.24) is 16.0 Å². The van der Waals surface area contributed by atoms with Crippen molar-refractivity contribution in [2.24, 2.45) is 17.2 Å². The van der Waals surface area contributed by atoms with Gasteiger partial charge in [0.15, 0.2) is 0 Å². The molecule has 0 heterocycles. The maximum atomic E-state index is 12.9. The number of carbonyl (C=O) groups excluding carboxylic acids is 4. The first-order valence-corrected chi connectivity index (χ1v) is 11.0. The summed E-state index contributed by atoms with van der Waals surface area (Å²) in [5, 5.41) is 16.4. The lowest BCUT2D eigenvalue weighted by atomic mass is 10.0. The zero-order chi connectivity index (χ0) is 25.7. The summed E-state index contributed by atoms with van der Waals surface area (Å²) in [5.41, 5.74) is 17.2. The van der Waals surface area contributed by atoms with E-state index in [-0.39, 0.29) is 6.42 Å². The first kappa shape index (κ1) is 28.5. The number of carbonyl (C=O) groups is 5. The van der Waals surface area contributed by atoms with E-state index < -0.39 is 60.2 Å². The Morgan fingerprint density at radius 1 is 0.912 bits per heavy atom. The largest absolute Gasteiger partial charge is 0.480 e. The second kappa shape index (κ2) is 14.6. The van der Waals surface area contributed by atoms with Gasteiger partial charge in [0.05, 0.1) is 12.5 Å². The van der Waals surface area contributed by atoms with Gasteiger partial charge in [-0.3, -0.25) is 19.2 Å². The summed E-state index contributed by atoms with van der Waals surface area (Å²) >= 11 is 0. The van der Waals surface area contributed by atoms with Crippen LogP contribution in [0.4, 0.5) is 0 Å². The van der Waals surface area contributed by atoms with Gasteiger partial charge in [0.1, 0.15) is 18.1 Å². The highest BCUT2D eigenvalue weighted by Gasteiger charge is 2.29. The van der Waals surface area contributed by atoms with Crippen molar-refractivity contribution in [3.63, 3.8) is 0 Å². The molecular weight excluding hydrogens is 444 g/mol. The number of primary amides is 1. The van der Waals surface area contributed by atoms with Gasteiger partial charge in [-0.2, -0.15) is 0 Å². The Bertz CT molecular complexity index is 850. The summed E-state index contributed by atoms with van der Waals surface area (Å²) in [6.45, 7) is 1.83. The van der Waals surface area contributed by atoms with Gasteiger partial charge in [0, 0.05) is 6.42 Å². The molecule has 0 radical (unpaired) electrons. The Balaban J connectivity index is 2.87. The number of nitrogens with one attached hydrogen (secondary N) is 3. The van der Waals surface area contributed by atoms with Crippen molar-refractivity contribution in [3.05, 3.63) is 35.9 Å². The third-order valence-corrected chi connectivity index (χ3v) is 4.99. The second-order valence-corrected chi connectivity index (χ2v) is 7.94. The fourth-order valence-corrected chi connectivity index (χ4v) is 3.06. The third kappa shape index (κ3) is 10.4. The fraction of sp³-hybridized carbons (Fsp3) is 0.500. The molecule has 0 bridgehead atoms. The van der Waals surface area contributed by atoms with E-state index in [1.807, 2.05) is 6.07 Å². The minimum atomic E-state index is -1.53. The Morgan fingerprint density at radius 3 is 2.09 bits per heavy atom. The summed E-state index contributed by atoms with van der Waals surface area (Å²) in [7, 11) is 0. The van der Waals surface area contributed by atoms with E-state index in [0.29, 0.717) is 25.8 Å². The van der Waals surface area contributed by atoms with E-state index in [4.69, 9.17) is 22.3 Å². The van der Waals surface area contributed by atoms with Crippen molar-refractivity contribution in [3.8, 4) is 0 Å². The van der Waals surface area contributed by atoms with E-state index >= 15 is 0 Å². The molecular formula is C22H34N6O6. The van der Waals surface area contributed by atoms with Crippen LogP contribution >= 0.6 is 0 Å². The average Bonchev–Trinajstić information content (AvgIpc) is 2.78. The van der Waals surface area contributed by atoms with Crippen molar-refractivity contribution in [2.75, 3.05) is 6.54 Å². The van der Waals surface area contributed by atoms with Crippen LogP contribution < -0.4 is 33.2 Å². The van der Waals surface area contributed by atoms with Gasteiger partial charge < -0.3 is 38.3 Å². The molecule has 10 N–H and O–H groups in total. The molecule has 34 heavy (non-hydrogen) atoms. The molecule has 188 valence electrons. The molecule has 0 fully saturated rings. The number of aliphatic carboxylic acids is 1. The molecule has 1 aromatic rings. The fourth-order valence-electron chi connectivity index (χ4n) is 3.06. The Labute approximate surface area is 198 Å². The lowest BCUT2D eigenvalue weighted by Gasteiger charge is -2.23. The van der Waals surface area contributed by atoms with Crippen LogP contribution in [0.2, 0.25) is 0 Å². The van der Waals surface area contributed by atoms with Gasteiger partial charge in [-0.25, -0.2) is 4.79 Å². The number of benzene rings is 1. The first-order chi connectivity index (χ1) is 16.0. The number of hydrogen-bond acceptors (Lipinski definition) is 7. The second-order valence-electron chi connectivity index (χ2n) is 7.94. The summed E-state index contributed by atoms with van der Waals surface area (Å²) < 4.78 is 0. The molecule has 12 nitrogen and oxygen atoms in total. The predicted molar refractivity (Wildman–Crippen MR) is 124 cm³/mol. The SMILES string of the molecule is CC(NC(=O)C(Cc1ccccc1)NC(=O)C(N)CCCCN)C(=O)NC(CC(N)=O)C(=O)O. The van der Waals surface area contributed by atoms with E-state index in [0.717, 1.165) is 5.56 Å². The minimum absolute atomic E-state index is 0.141. The van der Waals surface area contributed by atoms with Crippen LogP contribution in [0.25, 0.3) is 0 Å². The van der Waals surface area contributed by atoms with Crippen molar-refractivity contribution < 1.29 is 29.1 Å². The molecule has 0 saturated carbocycles. The zero-order valence-corrected chi connectivity index (χ0v) is 19.2. The molecule has 0 aliphatic heterocycles. The smallest absolute Gasteiger partial charge is 0.326 e. The van der Waals surface area contributed by atoms with Crippen LogP contribution in [0.5, 0.6) is 0 Å². The van der Waals surface area contributed by atoms with Crippen LogP contribution in [0.3, 0.4) is 0 Å². The van der Waals surface area contributed by atoms with E-state index in [1.165, 1.54) is 6.92 Å². The number of rotatable bonds is 15. The van der Waals surface area contributed by atoms with Crippen molar-refractivity contribution in [2.45, 2.75) is 63.2 Å². The molecule has 0 aliphatic carbocycles. The molecule has 4 atom stereocenters. The van der Waals surface area contributed by atoms with Crippen LogP contribution in [0.1, 0.15) is 38.2 Å². The molecule has 12 heteroatoms.